The zero-order valence-electron chi connectivity index (χ0n) is 9.73. The van der Waals surface area contributed by atoms with Crippen LogP contribution in [0.1, 0.15) is 12.5 Å². The van der Waals surface area contributed by atoms with Gasteiger partial charge in [-0.15, -0.1) is 0 Å². The molecule has 0 aliphatic rings. The van der Waals surface area contributed by atoms with Gasteiger partial charge in [0.15, 0.2) is 0 Å². The van der Waals surface area contributed by atoms with Crippen molar-refractivity contribution in [3.63, 3.8) is 0 Å². The Morgan fingerprint density at radius 2 is 2.18 bits per heavy atom. The maximum absolute atomic E-state index is 10.7. The number of anilines is 1. The van der Waals surface area contributed by atoms with Gasteiger partial charge in [0.1, 0.15) is 5.82 Å². The highest BCUT2D eigenvalue weighted by Gasteiger charge is 2.09. The van der Waals surface area contributed by atoms with Gasteiger partial charge < -0.3 is 5.32 Å². The van der Waals surface area contributed by atoms with Crippen LogP contribution in [-0.2, 0) is 6.42 Å². The topological polar surface area (TPSA) is 68.1 Å². The van der Waals surface area contributed by atoms with Crippen LogP contribution in [0, 0.1) is 10.1 Å². The Labute approximate surface area is 98.6 Å². The molecule has 2 aromatic rings. The first-order chi connectivity index (χ1) is 8.15. The largest absolute Gasteiger partial charge is 0.373 e. The molecule has 0 fully saturated rings. The Bertz CT molecular complexity index is 581. The molecule has 1 N–H and O–H groups in total. The Morgan fingerprint density at radius 1 is 1.41 bits per heavy atom. The Kier molecular flexibility index (Phi) is 2.91. The summed E-state index contributed by atoms with van der Waals surface area (Å²) in [5.74, 6) is 0.828. The fourth-order valence-electron chi connectivity index (χ4n) is 1.81. The number of aryl methyl sites for hydroxylation is 1. The van der Waals surface area contributed by atoms with Crippen LogP contribution in [0.15, 0.2) is 24.3 Å². The molecule has 1 heterocycles. The minimum Gasteiger partial charge on any atom is -0.373 e. The van der Waals surface area contributed by atoms with Crippen LogP contribution in [0.2, 0.25) is 0 Å². The number of aromatic nitrogens is 1. The third-order valence-electron chi connectivity index (χ3n) is 2.71. The van der Waals surface area contributed by atoms with Crippen LogP contribution in [-0.4, -0.2) is 17.0 Å². The van der Waals surface area contributed by atoms with Gasteiger partial charge in [-0.25, -0.2) is 4.98 Å². The molecule has 0 amide bonds. The van der Waals surface area contributed by atoms with E-state index in [9.17, 15) is 10.1 Å². The van der Waals surface area contributed by atoms with Crippen molar-refractivity contribution in [1.29, 1.82) is 0 Å². The fraction of sp³-hybridized carbons (Fsp3) is 0.250. The molecule has 0 saturated heterocycles. The van der Waals surface area contributed by atoms with E-state index in [0.717, 1.165) is 28.7 Å². The SMILES string of the molecule is CCc1cc2cc([N+](=O)[O-])ccc2nc1NC. The van der Waals surface area contributed by atoms with Crippen LogP contribution in [0.4, 0.5) is 11.5 Å². The van der Waals surface area contributed by atoms with Gasteiger partial charge in [0.05, 0.1) is 10.4 Å². The van der Waals surface area contributed by atoms with E-state index < -0.39 is 4.92 Å². The number of benzene rings is 1. The number of nitrogens with zero attached hydrogens (tertiary/aromatic N) is 2. The highest BCUT2D eigenvalue weighted by Crippen LogP contribution is 2.24. The summed E-state index contributed by atoms with van der Waals surface area (Å²) in [5.41, 5.74) is 1.91. The summed E-state index contributed by atoms with van der Waals surface area (Å²) in [7, 11) is 1.82. The first-order valence-electron chi connectivity index (χ1n) is 5.41. The van der Waals surface area contributed by atoms with E-state index in [4.69, 9.17) is 0 Å². The molecule has 1 aromatic carbocycles. The summed E-state index contributed by atoms with van der Waals surface area (Å²) in [5, 5.41) is 14.5. The number of hydrogen-bond donors (Lipinski definition) is 1. The average molecular weight is 231 g/mol. The van der Waals surface area contributed by atoms with Crippen LogP contribution in [0.5, 0.6) is 0 Å². The molecule has 0 unspecified atom stereocenters. The molecule has 0 aliphatic carbocycles. The molecule has 5 heteroatoms. The van der Waals surface area contributed by atoms with Gasteiger partial charge in [-0.05, 0) is 24.1 Å². The zero-order valence-corrected chi connectivity index (χ0v) is 9.73. The molecular formula is C12H13N3O2. The van der Waals surface area contributed by atoms with Crippen molar-refractivity contribution in [2.24, 2.45) is 0 Å². The standard InChI is InChI=1S/C12H13N3O2/c1-3-8-6-9-7-10(15(16)17)4-5-11(9)14-12(8)13-2/h4-7H,3H2,1-2H3,(H,13,14). The summed E-state index contributed by atoms with van der Waals surface area (Å²) in [6, 6.07) is 6.65. The molecule has 0 bridgehead atoms. The number of non-ortho nitro benzene ring substituents is 1. The van der Waals surface area contributed by atoms with Gasteiger partial charge in [-0.2, -0.15) is 0 Å². The normalized spacial score (nSPS) is 10.5. The van der Waals surface area contributed by atoms with Gasteiger partial charge in [0, 0.05) is 24.6 Å². The van der Waals surface area contributed by atoms with Gasteiger partial charge in [-0.3, -0.25) is 10.1 Å². The smallest absolute Gasteiger partial charge is 0.270 e. The van der Waals surface area contributed by atoms with Crippen LogP contribution in [0.3, 0.4) is 0 Å². The fourth-order valence-corrected chi connectivity index (χ4v) is 1.81. The molecule has 1 aromatic heterocycles. The molecule has 2 rings (SSSR count). The lowest BCUT2D eigenvalue weighted by Crippen LogP contribution is -1.98. The summed E-state index contributed by atoms with van der Waals surface area (Å²) < 4.78 is 0. The van der Waals surface area contributed by atoms with Crippen LogP contribution >= 0.6 is 0 Å². The number of hydrogen-bond acceptors (Lipinski definition) is 4. The van der Waals surface area contributed by atoms with Crippen molar-refractivity contribution in [3.05, 3.63) is 39.9 Å². The van der Waals surface area contributed by atoms with Crippen molar-refractivity contribution in [2.75, 3.05) is 12.4 Å². The van der Waals surface area contributed by atoms with Crippen LogP contribution < -0.4 is 5.32 Å². The third kappa shape index (κ3) is 2.04. The van der Waals surface area contributed by atoms with Gasteiger partial charge >= 0.3 is 0 Å². The van der Waals surface area contributed by atoms with Gasteiger partial charge in [0.2, 0.25) is 0 Å². The highest BCUT2D eigenvalue weighted by atomic mass is 16.6. The van der Waals surface area contributed by atoms with E-state index in [1.165, 1.54) is 6.07 Å². The number of rotatable bonds is 3. The number of pyridine rings is 1. The lowest BCUT2D eigenvalue weighted by Gasteiger charge is -2.08. The second-order valence-corrected chi connectivity index (χ2v) is 3.73. The average Bonchev–Trinajstić information content (AvgIpc) is 2.36. The zero-order chi connectivity index (χ0) is 12.4. The minimum atomic E-state index is -0.392. The first-order valence-corrected chi connectivity index (χ1v) is 5.41. The summed E-state index contributed by atoms with van der Waals surface area (Å²) in [4.78, 5) is 14.7. The molecule has 17 heavy (non-hydrogen) atoms. The van der Waals surface area contributed by atoms with Crippen molar-refractivity contribution in [1.82, 2.24) is 4.98 Å². The van der Waals surface area contributed by atoms with E-state index in [1.54, 1.807) is 12.1 Å². The number of nitro groups is 1. The van der Waals surface area contributed by atoms with Crippen molar-refractivity contribution >= 4 is 22.4 Å². The number of nitrogens with one attached hydrogen (secondary N) is 1. The quantitative estimate of drug-likeness (QED) is 0.651. The summed E-state index contributed by atoms with van der Waals surface area (Å²) in [6.07, 6.45) is 0.835. The van der Waals surface area contributed by atoms with Crippen LogP contribution in [0.25, 0.3) is 10.9 Å². The predicted molar refractivity (Wildman–Crippen MR) is 67.3 cm³/mol. The molecule has 88 valence electrons. The third-order valence-corrected chi connectivity index (χ3v) is 2.71. The second-order valence-electron chi connectivity index (χ2n) is 3.73. The first kappa shape index (κ1) is 11.3. The molecular weight excluding hydrogens is 218 g/mol. The van der Waals surface area contributed by atoms with Gasteiger partial charge in [-0.1, -0.05) is 6.92 Å². The summed E-state index contributed by atoms with van der Waals surface area (Å²) in [6.45, 7) is 2.03. The maximum Gasteiger partial charge on any atom is 0.270 e. The number of nitro benzene ring substituents is 1. The molecule has 0 spiro atoms. The Hall–Kier alpha value is -2.17. The van der Waals surface area contributed by atoms with E-state index in [-0.39, 0.29) is 5.69 Å². The van der Waals surface area contributed by atoms with E-state index >= 15 is 0 Å². The lowest BCUT2D eigenvalue weighted by molar-refractivity contribution is -0.384. The predicted octanol–water partition coefficient (Wildman–Crippen LogP) is 2.75. The molecule has 0 atom stereocenters. The van der Waals surface area contributed by atoms with Crippen molar-refractivity contribution < 1.29 is 4.92 Å². The maximum atomic E-state index is 10.7. The van der Waals surface area contributed by atoms with Crippen molar-refractivity contribution in [2.45, 2.75) is 13.3 Å². The highest BCUT2D eigenvalue weighted by molar-refractivity contribution is 5.83. The molecule has 0 aliphatic heterocycles. The lowest BCUT2D eigenvalue weighted by atomic mass is 10.1. The van der Waals surface area contributed by atoms with Gasteiger partial charge in [0.25, 0.3) is 5.69 Å². The monoisotopic (exact) mass is 231 g/mol. The van der Waals surface area contributed by atoms with E-state index in [1.807, 2.05) is 20.0 Å². The Balaban J connectivity index is 2.66. The van der Waals surface area contributed by atoms with E-state index in [2.05, 4.69) is 10.3 Å². The van der Waals surface area contributed by atoms with E-state index in [0.29, 0.717) is 0 Å². The molecule has 0 saturated carbocycles. The molecule has 5 nitrogen and oxygen atoms in total. The minimum absolute atomic E-state index is 0.0959. The number of fused-ring (bicyclic) bond motifs is 1. The van der Waals surface area contributed by atoms with Crippen molar-refractivity contribution in [3.8, 4) is 0 Å². The summed E-state index contributed by atoms with van der Waals surface area (Å²) >= 11 is 0. The second kappa shape index (κ2) is 4.37. The Morgan fingerprint density at radius 3 is 2.76 bits per heavy atom. The molecule has 0 radical (unpaired) electrons.